The van der Waals surface area contributed by atoms with Gasteiger partial charge in [-0.1, -0.05) is 17.7 Å². The fraction of sp³-hybridized carbons (Fsp3) is 0.500. The van der Waals surface area contributed by atoms with Crippen LogP contribution in [0, 0.1) is 26.7 Å². The van der Waals surface area contributed by atoms with E-state index in [1.807, 2.05) is 26.8 Å². The lowest BCUT2D eigenvalue weighted by atomic mass is 9.98. The summed E-state index contributed by atoms with van der Waals surface area (Å²) in [5.41, 5.74) is 3.43. The van der Waals surface area contributed by atoms with Crippen molar-refractivity contribution in [3.63, 3.8) is 0 Å². The van der Waals surface area contributed by atoms with E-state index < -0.39 is 21.9 Å². The van der Waals surface area contributed by atoms with E-state index in [9.17, 15) is 18.0 Å². The minimum absolute atomic E-state index is 0.224. The Kier molecular flexibility index (Phi) is 7.25. The summed E-state index contributed by atoms with van der Waals surface area (Å²) in [6.45, 7) is 10.1. The van der Waals surface area contributed by atoms with Gasteiger partial charge in [0, 0.05) is 36.1 Å². The van der Waals surface area contributed by atoms with Crippen molar-refractivity contribution < 1.29 is 22.7 Å². The average Bonchev–Trinajstić information content (AvgIpc) is 3.06. The summed E-state index contributed by atoms with van der Waals surface area (Å²) in [6.07, 6.45) is 0.750. The number of hydrogen-bond acceptors (Lipinski definition) is 5. The molecule has 0 atom stereocenters. The maximum Gasteiger partial charge on any atom is 0.309 e. The van der Waals surface area contributed by atoms with Gasteiger partial charge in [-0.05, 0) is 65.7 Å². The summed E-state index contributed by atoms with van der Waals surface area (Å²) in [5.74, 6) is -1.07. The van der Waals surface area contributed by atoms with E-state index in [-0.39, 0.29) is 36.4 Å². The molecule has 1 aromatic carbocycles. The summed E-state index contributed by atoms with van der Waals surface area (Å²) in [4.78, 5) is 25.4. The van der Waals surface area contributed by atoms with Gasteiger partial charge in [-0.25, -0.2) is 8.42 Å². The van der Waals surface area contributed by atoms with Crippen molar-refractivity contribution in [2.75, 3.05) is 19.7 Å². The van der Waals surface area contributed by atoms with E-state index in [0.29, 0.717) is 18.4 Å². The van der Waals surface area contributed by atoms with Crippen LogP contribution < -0.4 is 0 Å². The number of carbonyl (C=O) groups is 2. The van der Waals surface area contributed by atoms with E-state index in [4.69, 9.17) is 4.74 Å². The first-order valence-corrected chi connectivity index (χ1v) is 12.4. The number of nitrogens with zero attached hydrogens (tertiary/aromatic N) is 2. The van der Waals surface area contributed by atoms with Gasteiger partial charge in [-0.2, -0.15) is 4.31 Å². The number of benzene rings is 1. The Labute approximate surface area is 190 Å². The van der Waals surface area contributed by atoms with Crippen LogP contribution in [0.1, 0.15) is 60.0 Å². The van der Waals surface area contributed by atoms with Crippen LogP contribution in [0.25, 0.3) is 0 Å². The van der Waals surface area contributed by atoms with Crippen molar-refractivity contribution in [1.29, 1.82) is 0 Å². The molecule has 0 N–H and O–H groups in total. The molecule has 1 aromatic heterocycles. The van der Waals surface area contributed by atoms with Crippen LogP contribution in [0.2, 0.25) is 0 Å². The summed E-state index contributed by atoms with van der Waals surface area (Å²) in [5, 5.41) is 0. The number of carbonyl (C=O) groups excluding carboxylic acids is 2. The molecule has 1 aliphatic heterocycles. The first-order chi connectivity index (χ1) is 15.0. The first-order valence-electron chi connectivity index (χ1n) is 11.0. The van der Waals surface area contributed by atoms with E-state index in [1.165, 1.54) is 4.31 Å². The van der Waals surface area contributed by atoms with Crippen molar-refractivity contribution in [3.05, 3.63) is 52.8 Å². The molecule has 1 aliphatic rings. The Hall–Kier alpha value is -2.45. The highest BCUT2D eigenvalue weighted by molar-refractivity contribution is 7.89. The molecule has 7 nitrogen and oxygen atoms in total. The van der Waals surface area contributed by atoms with Crippen LogP contribution in [0.15, 0.2) is 35.2 Å². The molecule has 0 amide bonds. The summed E-state index contributed by atoms with van der Waals surface area (Å²) >= 11 is 0. The molecule has 0 spiro atoms. The van der Waals surface area contributed by atoms with Gasteiger partial charge in [-0.3, -0.25) is 9.59 Å². The Morgan fingerprint density at radius 1 is 1.06 bits per heavy atom. The van der Waals surface area contributed by atoms with Crippen LogP contribution in [0.4, 0.5) is 0 Å². The molecule has 0 radical (unpaired) electrons. The summed E-state index contributed by atoms with van der Waals surface area (Å²) in [7, 11) is -3.58. The van der Waals surface area contributed by atoms with Crippen molar-refractivity contribution in [2.24, 2.45) is 5.92 Å². The molecule has 3 rings (SSSR count). The minimum Gasteiger partial charge on any atom is -0.457 e. The van der Waals surface area contributed by atoms with E-state index in [0.717, 1.165) is 17.0 Å². The number of Topliss-reactive ketones (excluding diaryl/α,β-unsaturated/α-hetero) is 1. The highest BCUT2D eigenvalue weighted by Crippen LogP contribution is 2.25. The number of esters is 1. The number of aryl methyl sites for hydroxylation is 2. The lowest BCUT2D eigenvalue weighted by molar-refractivity contribution is -0.148. The number of rotatable bonds is 7. The van der Waals surface area contributed by atoms with E-state index >= 15 is 0 Å². The van der Waals surface area contributed by atoms with Gasteiger partial charge in [-0.15, -0.1) is 0 Å². The van der Waals surface area contributed by atoms with Crippen LogP contribution in [-0.4, -0.2) is 48.7 Å². The number of aromatic nitrogens is 1. The monoisotopic (exact) mass is 460 g/mol. The molecule has 0 saturated carbocycles. The largest absolute Gasteiger partial charge is 0.457 e. The predicted octanol–water partition coefficient (Wildman–Crippen LogP) is 3.82. The highest BCUT2D eigenvalue weighted by atomic mass is 32.2. The Morgan fingerprint density at radius 2 is 1.66 bits per heavy atom. The number of ether oxygens (including phenoxy) is 1. The van der Waals surface area contributed by atoms with Crippen molar-refractivity contribution in [2.45, 2.75) is 58.4 Å². The molecular formula is C24H32N2O5S. The average molecular weight is 461 g/mol. The van der Waals surface area contributed by atoms with Gasteiger partial charge < -0.3 is 9.30 Å². The third-order valence-electron chi connectivity index (χ3n) is 6.09. The van der Waals surface area contributed by atoms with E-state index in [1.54, 1.807) is 24.3 Å². The maximum atomic E-state index is 12.8. The third-order valence-corrected chi connectivity index (χ3v) is 8.01. The predicted molar refractivity (Wildman–Crippen MR) is 122 cm³/mol. The fourth-order valence-electron chi connectivity index (χ4n) is 4.38. The van der Waals surface area contributed by atoms with Gasteiger partial charge >= 0.3 is 5.97 Å². The minimum atomic E-state index is -3.58. The first kappa shape index (κ1) is 24.2. The molecule has 2 aromatic rings. The zero-order chi connectivity index (χ0) is 23.6. The second kappa shape index (κ2) is 9.58. The molecule has 0 aliphatic carbocycles. The van der Waals surface area contributed by atoms with Gasteiger partial charge in [0.1, 0.15) is 0 Å². The Balaban J connectivity index is 1.55. The molecular weight excluding hydrogens is 428 g/mol. The standard InChI is InChI=1S/C24H32N2O5S/c1-16(2)26-18(4)14-22(19(26)5)23(27)15-31-24(28)20-10-12-25(13-11-20)32(29,30)21-8-6-17(3)7-9-21/h6-9,14,16,20H,10-13,15H2,1-5H3. The topological polar surface area (TPSA) is 85.7 Å². The molecule has 0 bridgehead atoms. The number of ketones is 1. The normalized spacial score (nSPS) is 15.8. The molecule has 174 valence electrons. The number of piperidine rings is 1. The zero-order valence-corrected chi connectivity index (χ0v) is 20.2. The molecule has 8 heteroatoms. The molecule has 2 heterocycles. The molecule has 0 unspecified atom stereocenters. The molecule has 1 saturated heterocycles. The van der Waals surface area contributed by atoms with Gasteiger partial charge in [0.05, 0.1) is 10.8 Å². The van der Waals surface area contributed by atoms with Crippen molar-refractivity contribution in [1.82, 2.24) is 8.87 Å². The van der Waals surface area contributed by atoms with Crippen LogP contribution in [-0.2, 0) is 19.6 Å². The lowest BCUT2D eigenvalue weighted by Gasteiger charge is -2.30. The number of sulfonamides is 1. The second-order valence-corrected chi connectivity index (χ2v) is 10.7. The van der Waals surface area contributed by atoms with E-state index in [2.05, 4.69) is 18.4 Å². The van der Waals surface area contributed by atoms with Gasteiger partial charge in [0.2, 0.25) is 15.8 Å². The second-order valence-electron chi connectivity index (χ2n) is 8.77. The van der Waals surface area contributed by atoms with Crippen molar-refractivity contribution >= 4 is 21.8 Å². The fourth-order valence-corrected chi connectivity index (χ4v) is 5.85. The Morgan fingerprint density at radius 3 is 2.19 bits per heavy atom. The smallest absolute Gasteiger partial charge is 0.309 e. The third kappa shape index (κ3) is 4.96. The molecule has 32 heavy (non-hydrogen) atoms. The summed E-state index contributed by atoms with van der Waals surface area (Å²) in [6, 6.07) is 8.82. The maximum absolute atomic E-state index is 12.8. The van der Waals surface area contributed by atoms with Crippen LogP contribution in [0.3, 0.4) is 0 Å². The van der Waals surface area contributed by atoms with Gasteiger partial charge in [0.15, 0.2) is 6.61 Å². The van der Waals surface area contributed by atoms with Crippen LogP contribution in [0.5, 0.6) is 0 Å². The molecule has 1 fully saturated rings. The van der Waals surface area contributed by atoms with Crippen molar-refractivity contribution in [3.8, 4) is 0 Å². The SMILES string of the molecule is Cc1ccc(S(=O)(=O)N2CCC(C(=O)OCC(=O)c3cc(C)n(C(C)C)c3C)CC2)cc1. The highest BCUT2D eigenvalue weighted by Gasteiger charge is 2.33. The van der Waals surface area contributed by atoms with Gasteiger partial charge in [0.25, 0.3) is 0 Å². The quantitative estimate of drug-likeness (QED) is 0.463. The Bertz CT molecular complexity index is 1090. The lowest BCUT2D eigenvalue weighted by Crippen LogP contribution is -2.40. The van der Waals surface area contributed by atoms with Crippen LogP contribution >= 0.6 is 0 Å². The zero-order valence-electron chi connectivity index (χ0n) is 19.4. The number of hydrogen-bond donors (Lipinski definition) is 0. The summed E-state index contributed by atoms with van der Waals surface area (Å²) < 4.78 is 34.4.